The predicted molar refractivity (Wildman–Crippen MR) is 86.6 cm³/mol. The van der Waals surface area contributed by atoms with E-state index < -0.39 is 16.1 Å². The van der Waals surface area contributed by atoms with Crippen LogP contribution in [-0.2, 0) is 21.2 Å². The fraction of sp³-hybridized carbons (Fsp3) is 0.267. The normalized spacial score (nSPS) is 15.6. The van der Waals surface area contributed by atoms with Crippen LogP contribution in [0.2, 0.25) is 0 Å². The maximum atomic E-state index is 12.6. The van der Waals surface area contributed by atoms with Gasteiger partial charge in [-0.1, -0.05) is 24.3 Å². The van der Waals surface area contributed by atoms with Crippen molar-refractivity contribution in [2.24, 2.45) is 0 Å². The number of fused-ring (bicyclic) bond motifs is 1. The van der Waals surface area contributed by atoms with Gasteiger partial charge in [0, 0.05) is 12.2 Å². The lowest BCUT2D eigenvalue weighted by molar-refractivity contribution is -0.119. The van der Waals surface area contributed by atoms with E-state index in [-0.39, 0.29) is 10.1 Å². The van der Waals surface area contributed by atoms with Crippen LogP contribution in [-0.4, -0.2) is 26.9 Å². The Kier molecular flexibility index (Phi) is 4.03. The first kappa shape index (κ1) is 15.2. The number of hydrogen-bond acceptors (Lipinski definition) is 4. The lowest BCUT2D eigenvalue weighted by Gasteiger charge is -2.22. The molecule has 22 heavy (non-hydrogen) atoms. The van der Waals surface area contributed by atoms with Gasteiger partial charge in [0.2, 0.25) is 5.91 Å². The van der Waals surface area contributed by atoms with Crippen LogP contribution in [0.1, 0.15) is 12.5 Å². The number of benzene rings is 1. The molecule has 1 aromatic heterocycles. The fourth-order valence-electron chi connectivity index (χ4n) is 2.56. The first-order valence-electron chi connectivity index (χ1n) is 6.94. The smallest absolute Gasteiger partial charge is 0.250 e. The Morgan fingerprint density at radius 1 is 1.27 bits per heavy atom. The van der Waals surface area contributed by atoms with Crippen molar-refractivity contribution < 1.29 is 13.2 Å². The number of nitrogens with one attached hydrogen (secondary N) is 1. The number of nitrogens with zero attached hydrogens (tertiary/aromatic N) is 1. The summed E-state index contributed by atoms with van der Waals surface area (Å²) in [5.41, 5.74) is 1.99. The van der Waals surface area contributed by atoms with Crippen LogP contribution in [0.15, 0.2) is 46.0 Å². The molecule has 116 valence electrons. The number of hydrogen-bond donors (Lipinski definition) is 1. The van der Waals surface area contributed by atoms with Crippen LogP contribution in [0.4, 0.5) is 5.69 Å². The van der Waals surface area contributed by atoms with Crippen LogP contribution in [0, 0.1) is 0 Å². The molecule has 5 nitrogen and oxygen atoms in total. The standard InChI is InChI=1S/C15H16N2O3S2/c1-11(16-22(19,20)14-7-4-10-21-14)15(18)17-9-8-12-5-2-3-6-13(12)17/h2-7,10-11,16H,8-9H2,1H3/t11-/m0/s1. The van der Waals surface area contributed by atoms with Crippen molar-refractivity contribution in [3.05, 3.63) is 47.3 Å². The molecule has 1 aliphatic rings. The van der Waals surface area contributed by atoms with E-state index in [9.17, 15) is 13.2 Å². The summed E-state index contributed by atoms with van der Waals surface area (Å²) >= 11 is 1.13. The highest BCUT2D eigenvalue weighted by Gasteiger charge is 2.30. The molecule has 7 heteroatoms. The second kappa shape index (κ2) is 5.83. The molecule has 0 saturated heterocycles. The largest absolute Gasteiger partial charge is 0.310 e. The third-order valence-corrected chi connectivity index (χ3v) is 6.55. The number of rotatable bonds is 4. The Bertz CT molecular complexity index is 785. The molecule has 0 unspecified atom stereocenters. The Labute approximate surface area is 133 Å². The molecule has 2 aromatic rings. The van der Waals surface area contributed by atoms with E-state index in [0.717, 1.165) is 29.0 Å². The molecule has 1 aliphatic heterocycles. The number of carbonyl (C=O) groups is 1. The third-order valence-electron chi connectivity index (χ3n) is 3.62. The van der Waals surface area contributed by atoms with Gasteiger partial charge in [-0.2, -0.15) is 4.72 Å². The van der Waals surface area contributed by atoms with Gasteiger partial charge in [0.15, 0.2) is 0 Å². The molecule has 0 aliphatic carbocycles. The lowest BCUT2D eigenvalue weighted by atomic mass is 10.2. The number of thiophene rings is 1. The van der Waals surface area contributed by atoms with Gasteiger partial charge < -0.3 is 4.90 Å². The zero-order valence-electron chi connectivity index (χ0n) is 12.0. The number of sulfonamides is 1. The average Bonchev–Trinajstić information content (AvgIpc) is 3.16. The quantitative estimate of drug-likeness (QED) is 0.929. The van der Waals surface area contributed by atoms with Crippen molar-refractivity contribution in [1.29, 1.82) is 0 Å². The first-order chi connectivity index (χ1) is 10.5. The minimum atomic E-state index is -3.65. The molecule has 0 fully saturated rings. The van der Waals surface area contributed by atoms with E-state index in [2.05, 4.69) is 4.72 Å². The first-order valence-corrected chi connectivity index (χ1v) is 9.30. The molecule has 1 aromatic carbocycles. The van der Waals surface area contributed by atoms with Gasteiger partial charge in [-0.3, -0.25) is 4.79 Å². The van der Waals surface area contributed by atoms with Crippen molar-refractivity contribution in [3.8, 4) is 0 Å². The van der Waals surface area contributed by atoms with Crippen molar-refractivity contribution >= 4 is 33.0 Å². The molecule has 1 amide bonds. The second-order valence-electron chi connectivity index (χ2n) is 5.14. The highest BCUT2D eigenvalue weighted by Crippen LogP contribution is 2.28. The summed E-state index contributed by atoms with van der Waals surface area (Å²) in [6.45, 7) is 2.16. The number of amides is 1. The number of para-hydroxylation sites is 1. The molecule has 0 saturated carbocycles. The van der Waals surface area contributed by atoms with E-state index in [1.807, 2.05) is 24.3 Å². The summed E-state index contributed by atoms with van der Waals surface area (Å²) in [5, 5.41) is 1.69. The molecule has 1 atom stereocenters. The molecular weight excluding hydrogens is 320 g/mol. The molecule has 3 rings (SSSR count). The highest BCUT2D eigenvalue weighted by atomic mass is 32.2. The monoisotopic (exact) mass is 336 g/mol. The van der Waals surface area contributed by atoms with Gasteiger partial charge >= 0.3 is 0 Å². The highest BCUT2D eigenvalue weighted by molar-refractivity contribution is 7.91. The molecule has 0 bridgehead atoms. The van der Waals surface area contributed by atoms with E-state index >= 15 is 0 Å². The van der Waals surface area contributed by atoms with E-state index in [1.165, 1.54) is 6.07 Å². The van der Waals surface area contributed by atoms with E-state index in [4.69, 9.17) is 0 Å². The summed E-state index contributed by atoms with van der Waals surface area (Å²) in [4.78, 5) is 14.2. The molecule has 1 N–H and O–H groups in total. The Morgan fingerprint density at radius 3 is 2.77 bits per heavy atom. The predicted octanol–water partition coefficient (Wildman–Crippen LogP) is 2.00. The summed E-state index contributed by atoms with van der Waals surface area (Å²) in [5.74, 6) is -0.231. The Hall–Kier alpha value is -1.70. The third kappa shape index (κ3) is 2.79. The Morgan fingerprint density at radius 2 is 2.05 bits per heavy atom. The zero-order chi connectivity index (χ0) is 15.7. The summed E-state index contributed by atoms with van der Waals surface area (Å²) in [7, 11) is -3.65. The maximum absolute atomic E-state index is 12.6. The second-order valence-corrected chi connectivity index (χ2v) is 8.03. The number of carbonyl (C=O) groups excluding carboxylic acids is 1. The van der Waals surface area contributed by atoms with Gasteiger partial charge in [0.25, 0.3) is 10.0 Å². The topological polar surface area (TPSA) is 66.5 Å². The molecule has 2 heterocycles. The van der Waals surface area contributed by atoms with Crippen LogP contribution in [0.3, 0.4) is 0 Å². The van der Waals surface area contributed by atoms with Gasteiger partial charge in [0.05, 0.1) is 6.04 Å². The maximum Gasteiger partial charge on any atom is 0.250 e. The van der Waals surface area contributed by atoms with Gasteiger partial charge in [-0.15, -0.1) is 11.3 Å². The van der Waals surface area contributed by atoms with Gasteiger partial charge in [-0.25, -0.2) is 8.42 Å². The van der Waals surface area contributed by atoms with Crippen molar-refractivity contribution in [1.82, 2.24) is 4.72 Å². The van der Waals surface area contributed by atoms with Gasteiger partial charge in [-0.05, 0) is 36.4 Å². The summed E-state index contributed by atoms with van der Waals surface area (Å²) in [6, 6.07) is 10.1. The van der Waals surface area contributed by atoms with Gasteiger partial charge in [0.1, 0.15) is 4.21 Å². The van der Waals surface area contributed by atoms with Crippen LogP contribution >= 0.6 is 11.3 Å². The fourth-order valence-corrected chi connectivity index (χ4v) is 4.76. The summed E-state index contributed by atoms with van der Waals surface area (Å²) in [6.07, 6.45) is 0.798. The van der Waals surface area contributed by atoms with Crippen molar-refractivity contribution in [3.63, 3.8) is 0 Å². The minimum absolute atomic E-state index is 0.217. The SMILES string of the molecule is C[C@H](NS(=O)(=O)c1cccs1)C(=O)N1CCc2ccccc21. The van der Waals surface area contributed by atoms with Crippen LogP contribution < -0.4 is 9.62 Å². The Balaban J connectivity index is 1.76. The van der Waals surface area contributed by atoms with E-state index in [1.54, 1.807) is 23.3 Å². The summed E-state index contributed by atoms with van der Waals surface area (Å²) < 4.78 is 27.1. The van der Waals surface area contributed by atoms with Crippen molar-refractivity contribution in [2.75, 3.05) is 11.4 Å². The van der Waals surface area contributed by atoms with Crippen molar-refractivity contribution in [2.45, 2.75) is 23.6 Å². The number of anilines is 1. The minimum Gasteiger partial charge on any atom is -0.310 e. The molecule has 0 spiro atoms. The lowest BCUT2D eigenvalue weighted by Crippen LogP contribution is -2.46. The molecular formula is C15H16N2O3S2. The zero-order valence-corrected chi connectivity index (χ0v) is 13.7. The average molecular weight is 336 g/mol. The van der Waals surface area contributed by atoms with Crippen LogP contribution in [0.5, 0.6) is 0 Å². The molecule has 0 radical (unpaired) electrons. The van der Waals surface area contributed by atoms with E-state index in [0.29, 0.717) is 6.54 Å². The van der Waals surface area contributed by atoms with Crippen LogP contribution in [0.25, 0.3) is 0 Å².